The lowest BCUT2D eigenvalue weighted by Gasteiger charge is -2.23. The minimum Gasteiger partial charge on any atom is -0.375 e. The molecule has 4 heteroatoms. The van der Waals surface area contributed by atoms with Gasteiger partial charge >= 0.3 is 0 Å². The average molecular weight is 274 g/mol. The van der Waals surface area contributed by atoms with Crippen LogP contribution in [0.1, 0.15) is 24.8 Å². The van der Waals surface area contributed by atoms with Gasteiger partial charge in [0.25, 0.3) is 0 Å². The molecule has 1 heterocycles. The van der Waals surface area contributed by atoms with Crippen molar-refractivity contribution in [3.63, 3.8) is 0 Å². The second-order valence-corrected chi connectivity index (χ2v) is 5.22. The van der Waals surface area contributed by atoms with Crippen LogP contribution in [0.25, 0.3) is 0 Å². The molecule has 0 aliphatic carbocycles. The molecule has 0 unspecified atom stereocenters. The smallest absolute Gasteiger partial charge is 0.0718 e. The van der Waals surface area contributed by atoms with Gasteiger partial charge < -0.3 is 10.1 Å². The molecule has 17 heavy (non-hydrogen) atoms. The first-order valence-electron chi connectivity index (χ1n) is 6.01. The molecule has 1 atom stereocenters. The number of halogens is 2. The minimum atomic E-state index is 0.506. The number of ether oxygens (including phenoxy) is 1. The molecule has 1 N–H and O–H groups in total. The molecule has 0 saturated carbocycles. The Bertz CT molecular complexity index is 364. The molecule has 0 spiro atoms. The Morgan fingerprint density at radius 2 is 2.12 bits per heavy atom. The Morgan fingerprint density at radius 1 is 1.24 bits per heavy atom. The van der Waals surface area contributed by atoms with Gasteiger partial charge in [0.15, 0.2) is 0 Å². The zero-order valence-electron chi connectivity index (χ0n) is 9.72. The summed E-state index contributed by atoms with van der Waals surface area (Å²) < 4.78 is 5.69. The highest BCUT2D eigenvalue weighted by Crippen LogP contribution is 2.22. The highest BCUT2D eigenvalue weighted by molar-refractivity contribution is 6.41. The summed E-state index contributed by atoms with van der Waals surface area (Å²) in [6, 6.07) is 6.12. The summed E-state index contributed by atoms with van der Waals surface area (Å²) in [7, 11) is 0. The van der Waals surface area contributed by atoms with E-state index in [-0.39, 0.29) is 0 Å². The highest BCUT2D eigenvalue weighted by Gasteiger charge is 2.12. The van der Waals surface area contributed by atoms with E-state index in [9.17, 15) is 0 Å². The van der Waals surface area contributed by atoms with Crippen LogP contribution in [0.3, 0.4) is 0 Å². The molecule has 1 saturated heterocycles. The van der Waals surface area contributed by atoms with Crippen LogP contribution < -0.4 is 5.32 Å². The number of benzene rings is 1. The molecule has 0 aromatic heterocycles. The molecule has 2 rings (SSSR count). The van der Waals surface area contributed by atoms with Crippen molar-refractivity contribution < 1.29 is 4.74 Å². The fraction of sp³-hybridized carbons (Fsp3) is 0.538. The van der Waals surface area contributed by atoms with E-state index in [0.717, 1.165) is 18.7 Å². The van der Waals surface area contributed by atoms with Crippen molar-refractivity contribution in [3.05, 3.63) is 33.8 Å². The number of hydrogen-bond donors (Lipinski definition) is 1. The lowest BCUT2D eigenvalue weighted by atomic mass is 10.1. The van der Waals surface area contributed by atoms with Gasteiger partial charge in [0, 0.05) is 6.04 Å². The zero-order valence-corrected chi connectivity index (χ0v) is 11.2. The van der Waals surface area contributed by atoms with Crippen molar-refractivity contribution in [2.75, 3.05) is 13.2 Å². The summed E-state index contributed by atoms with van der Waals surface area (Å²) >= 11 is 11.8. The largest absolute Gasteiger partial charge is 0.375 e. The maximum Gasteiger partial charge on any atom is 0.0718 e. The number of nitrogens with one attached hydrogen (secondary N) is 1. The third kappa shape index (κ3) is 4.14. The lowest BCUT2D eigenvalue weighted by molar-refractivity contribution is 0.0911. The van der Waals surface area contributed by atoms with Crippen molar-refractivity contribution >= 4 is 23.2 Å². The molecule has 94 valence electrons. The van der Waals surface area contributed by atoms with E-state index < -0.39 is 0 Å². The van der Waals surface area contributed by atoms with Crippen molar-refractivity contribution in [1.29, 1.82) is 0 Å². The Balaban J connectivity index is 1.75. The van der Waals surface area contributed by atoms with Gasteiger partial charge in [0.2, 0.25) is 0 Å². The van der Waals surface area contributed by atoms with Gasteiger partial charge in [-0.1, -0.05) is 35.7 Å². The van der Waals surface area contributed by atoms with Gasteiger partial charge in [0.1, 0.15) is 0 Å². The summed E-state index contributed by atoms with van der Waals surface area (Å²) in [6.07, 6.45) is 3.79. The third-order valence-electron chi connectivity index (χ3n) is 2.98. The van der Waals surface area contributed by atoms with Crippen molar-refractivity contribution in [1.82, 2.24) is 5.32 Å². The van der Waals surface area contributed by atoms with Crippen LogP contribution in [0.2, 0.25) is 10.0 Å². The van der Waals surface area contributed by atoms with Crippen molar-refractivity contribution in [3.8, 4) is 0 Å². The molecule has 0 bridgehead atoms. The lowest BCUT2D eigenvalue weighted by Crippen LogP contribution is -2.37. The molecule has 1 aliphatic rings. The molecule has 1 aromatic carbocycles. The maximum absolute atomic E-state index is 5.94. The van der Waals surface area contributed by atoms with Gasteiger partial charge in [-0.15, -0.1) is 0 Å². The van der Waals surface area contributed by atoms with E-state index >= 15 is 0 Å². The zero-order chi connectivity index (χ0) is 12.1. The molecule has 1 fully saturated rings. The molecule has 0 amide bonds. The number of piperidine rings is 1. The second kappa shape index (κ2) is 6.60. The van der Waals surface area contributed by atoms with Gasteiger partial charge in [0.05, 0.1) is 23.3 Å². The number of hydrogen-bond acceptors (Lipinski definition) is 2. The standard InChI is InChI=1S/C13H17Cl2NO/c14-12-5-4-10(7-13(12)15)8-17-9-11-3-1-2-6-16-11/h4-5,7,11,16H,1-3,6,8-9H2/t11-/m0/s1. The van der Waals surface area contributed by atoms with Gasteiger partial charge in [-0.3, -0.25) is 0 Å². The molecule has 0 radical (unpaired) electrons. The molecular formula is C13H17Cl2NO. The molecular weight excluding hydrogens is 257 g/mol. The topological polar surface area (TPSA) is 21.3 Å². The van der Waals surface area contributed by atoms with Crippen LogP contribution in [-0.4, -0.2) is 19.2 Å². The Labute approximate surface area is 112 Å². The predicted molar refractivity (Wildman–Crippen MR) is 71.8 cm³/mol. The molecule has 1 aromatic rings. The molecule has 1 aliphatic heterocycles. The quantitative estimate of drug-likeness (QED) is 0.904. The highest BCUT2D eigenvalue weighted by atomic mass is 35.5. The van der Waals surface area contributed by atoms with Gasteiger partial charge in [-0.25, -0.2) is 0 Å². The first kappa shape index (κ1) is 13.2. The van der Waals surface area contributed by atoms with Gasteiger partial charge in [-0.05, 0) is 37.1 Å². The second-order valence-electron chi connectivity index (χ2n) is 4.41. The van der Waals surface area contributed by atoms with Crippen LogP contribution >= 0.6 is 23.2 Å². The van der Waals surface area contributed by atoms with Crippen molar-refractivity contribution in [2.24, 2.45) is 0 Å². The fourth-order valence-electron chi connectivity index (χ4n) is 2.01. The summed E-state index contributed by atoms with van der Waals surface area (Å²) in [6.45, 7) is 2.47. The Kier molecular flexibility index (Phi) is 5.11. The molecule has 2 nitrogen and oxygen atoms in total. The van der Waals surface area contributed by atoms with E-state index in [0.29, 0.717) is 22.7 Å². The Hall–Kier alpha value is -0.280. The van der Waals surface area contributed by atoms with Crippen LogP contribution in [-0.2, 0) is 11.3 Å². The summed E-state index contributed by atoms with van der Waals surface area (Å²) in [5.74, 6) is 0. The van der Waals surface area contributed by atoms with E-state index in [1.165, 1.54) is 19.3 Å². The van der Waals surface area contributed by atoms with Crippen LogP contribution in [0.5, 0.6) is 0 Å². The maximum atomic E-state index is 5.94. The summed E-state index contributed by atoms with van der Waals surface area (Å²) in [4.78, 5) is 0. The monoisotopic (exact) mass is 273 g/mol. The predicted octanol–water partition coefficient (Wildman–Crippen LogP) is 3.65. The van der Waals surface area contributed by atoms with Crippen LogP contribution in [0, 0.1) is 0 Å². The van der Waals surface area contributed by atoms with E-state index in [1.807, 2.05) is 12.1 Å². The minimum absolute atomic E-state index is 0.506. The Morgan fingerprint density at radius 3 is 2.82 bits per heavy atom. The van der Waals surface area contributed by atoms with Crippen LogP contribution in [0.4, 0.5) is 0 Å². The average Bonchev–Trinajstić information content (AvgIpc) is 2.35. The fourth-order valence-corrected chi connectivity index (χ4v) is 2.34. The van der Waals surface area contributed by atoms with Crippen LogP contribution in [0.15, 0.2) is 18.2 Å². The SMILES string of the molecule is Clc1ccc(COC[C@@H]2CCCCN2)cc1Cl. The van der Waals surface area contributed by atoms with Crippen molar-refractivity contribution in [2.45, 2.75) is 31.9 Å². The first-order valence-corrected chi connectivity index (χ1v) is 6.76. The first-order chi connectivity index (χ1) is 8.25. The number of rotatable bonds is 4. The summed E-state index contributed by atoms with van der Waals surface area (Å²) in [5, 5.41) is 4.63. The van der Waals surface area contributed by atoms with E-state index in [1.54, 1.807) is 6.07 Å². The normalized spacial score (nSPS) is 20.5. The van der Waals surface area contributed by atoms with E-state index in [4.69, 9.17) is 27.9 Å². The van der Waals surface area contributed by atoms with Gasteiger partial charge in [-0.2, -0.15) is 0 Å². The summed E-state index contributed by atoms with van der Waals surface area (Å²) in [5.41, 5.74) is 1.07. The van der Waals surface area contributed by atoms with E-state index in [2.05, 4.69) is 5.32 Å². The third-order valence-corrected chi connectivity index (χ3v) is 3.72.